The molecule has 6 aromatic heterocycles. The molecule has 0 fully saturated rings. The number of para-hydroxylation sites is 4. The summed E-state index contributed by atoms with van der Waals surface area (Å²) in [5, 5.41) is 5.60. The molecule has 0 amide bonds. The third-order valence-corrected chi connectivity index (χ3v) is 11.0. The molecule has 12 aromatic rings. The van der Waals surface area contributed by atoms with E-state index >= 15 is 0 Å². The van der Waals surface area contributed by atoms with Crippen molar-refractivity contribution in [1.82, 2.24) is 38.9 Å². The Morgan fingerprint density at radius 2 is 0.931 bits per heavy atom. The molecular formula is C50H30N8. The zero-order valence-electron chi connectivity index (χ0n) is 30.9. The number of hydrogen-bond donors (Lipinski definition) is 0. The van der Waals surface area contributed by atoms with Crippen molar-refractivity contribution in [1.29, 1.82) is 0 Å². The van der Waals surface area contributed by atoms with Crippen LogP contribution in [0.3, 0.4) is 0 Å². The molecule has 0 radical (unpaired) electrons. The SMILES string of the molecule is c1ccc(-c2cccc(-c3nc(-c4cccc(-c5ccccn5)c4)nc(-n4c5ccccc5c5c6c7ccccc7n7c8ccccc8nc7c6ccc54)n3)c2)nc1. The molecule has 8 nitrogen and oxygen atoms in total. The number of fused-ring (bicyclic) bond motifs is 12. The molecule has 0 spiro atoms. The second-order valence-electron chi connectivity index (χ2n) is 14.4. The van der Waals surface area contributed by atoms with Crippen LogP contribution in [0, 0.1) is 0 Å². The van der Waals surface area contributed by atoms with Gasteiger partial charge in [0.2, 0.25) is 5.95 Å². The van der Waals surface area contributed by atoms with Crippen LogP contribution in [0.5, 0.6) is 0 Å². The molecule has 12 rings (SSSR count). The Morgan fingerprint density at radius 3 is 1.59 bits per heavy atom. The molecule has 58 heavy (non-hydrogen) atoms. The van der Waals surface area contributed by atoms with E-state index in [-0.39, 0.29) is 0 Å². The molecular weight excluding hydrogens is 713 g/mol. The lowest BCUT2D eigenvalue weighted by molar-refractivity contribution is 0.953. The van der Waals surface area contributed by atoms with Crippen molar-refractivity contribution in [3.05, 3.63) is 182 Å². The highest BCUT2D eigenvalue weighted by atomic mass is 15.2. The molecule has 0 saturated heterocycles. The largest absolute Gasteiger partial charge is 0.292 e. The molecule has 0 N–H and O–H groups in total. The Balaban J connectivity index is 1.16. The van der Waals surface area contributed by atoms with Gasteiger partial charge in [0, 0.05) is 61.6 Å². The van der Waals surface area contributed by atoms with E-state index in [0.29, 0.717) is 17.6 Å². The summed E-state index contributed by atoms with van der Waals surface area (Å²) >= 11 is 0. The summed E-state index contributed by atoms with van der Waals surface area (Å²) in [7, 11) is 0. The zero-order valence-corrected chi connectivity index (χ0v) is 30.9. The summed E-state index contributed by atoms with van der Waals surface area (Å²) in [5.74, 6) is 1.64. The number of imidazole rings is 1. The van der Waals surface area contributed by atoms with Crippen LogP contribution in [0.25, 0.3) is 111 Å². The van der Waals surface area contributed by atoms with Gasteiger partial charge in [-0.25, -0.2) is 9.97 Å². The standard InChI is InChI=1S/C50H30N8/c1-4-22-41-35(17-1)45-37(49-53-40-21-3-6-24-43(40)57(41)49)25-26-44-46(45)36-18-2-5-23-42(36)58(44)50-55-47(33-15-11-13-31(29-33)38-19-7-9-27-51-38)54-48(56-50)34-16-12-14-32(30-34)39-20-8-10-28-52-39/h1-30H. The van der Waals surface area contributed by atoms with Gasteiger partial charge in [0.15, 0.2) is 11.6 Å². The number of hydrogen-bond acceptors (Lipinski definition) is 6. The maximum Gasteiger partial charge on any atom is 0.238 e. The Hall–Kier alpha value is -8.10. The molecule has 0 aliphatic heterocycles. The molecule has 0 aliphatic rings. The van der Waals surface area contributed by atoms with Crippen LogP contribution in [-0.2, 0) is 0 Å². The van der Waals surface area contributed by atoms with Crippen LogP contribution in [0.1, 0.15) is 0 Å². The molecule has 8 heteroatoms. The maximum atomic E-state index is 5.30. The normalized spacial score (nSPS) is 11.8. The zero-order chi connectivity index (χ0) is 38.2. The lowest BCUT2D eigenvalue weighted by Gasteiger charge is -2.13. The summed E-state index contributed by atoms with van der Waals surface area (Å²) in [6.07, 6.45) is 3.62. The number of nitrogens with zero attached hydrogens (tertiary/aromatic N) is 8. The molecule has 270 valence electrons. The molecule has 0 saturated carbocycles. The lowest BCUT2D eigenvalue weighted by atomic mass is 10.00. The number of benzene rings is 6. The molecule has 6 aromatic carbocycles. The van der Waals surface area contributed by atoms with E-state index < -0.39 is 0 Å². The lowest BCUT2D eigenvalue weighted by Crippen LogP contribution is -2.06. The van der Waals surface area contributed by atoms with E-state index in [1.165, 1.54) is 0 Å². The van der Waals surface area contributed by atoms with Gasteiger partial charge in [0.25, 0.3) is 0 Å². The molecule has 0 bridgehead atoms. The van der Waals surface area contributed by atoms with Crippen molar-refractivity contribution in [3.63, 3.8) is 0 Å². The first-order chi connectivity index (χ1) is 28.8. The van der Waals surface area contributed by atoms with E-state index in [1.54, 1.807) is 0 Å². The average Bonchev–Trinajstić information content (AvgIpc) is 3.86. The van der Waals surface area contributed by atoms with Crippen molar-refractivity contribution in [2.24, 2.45) is 0 Å². The average molecular weight is 743 g/mol. The van der Waals surface area contributed by atoms with E-state index in [1.807, 2.05) is 79.1 Å². The molecule has 6 heterocycles. The van der Waals surface area contributed by atoms with Crippen LogP contribution < -0.4 is 0 Å². The quantitative estimate of drug-likeness (QED) is 0.163. The Bertz CT molecular complexity index is 3470. The first-order valence-electron chi connectivity index (χ1n) is 19.2. The third kappa shape index (κ3) is 4.95. The fourth-order valence-corrected chi connectivity index (χ4v) is 8.50. The van der Waals surface area contributed by atoms with Crippen LogP contribution in [-0.4, -0.2) is 38.9 Å². The van der Waals surface area contributed by atoms with Gasteiger partial charge in [0.1, 0.15) is 5.65 Å². The van der Waals surface area contributed by atoms with Crippen molar-refractivity contribution in [2.45, 2.75) is 0 Å². The molecule has 0 unspecified atom stereocenters. The highest BCUT2D eigenvalue weighted by Crippen LogP contribution is 2.42. The summed E-state index contributed by atoms with van der Waals surface area (Å²) in [4.78, 5) is 30.2. The van der Waals surface area contributed by atoms with Crippen LogP contribution in [0.2, 0.25) is 0 Å². The maximum absolute atomic E-state index is 5.30. The Labute approximate surface area is 331 Å². The first-order valence-corrected chi connectivity index (χ1v) is 19.2. The minimum absolute atomic E-state index is 0.522. The second kappa shape index (κ2) is 12.7. The third-order valence-electron chi connectivity index (χ3n) is 11.0. The van der Waals surface area contributed by atoms with Gasteiger partial charge in [-0.15, -0.1) is 0 Å². The van der Waals surface area contributed by atoms with Crippen molar-refractivity contribution < 1.29 is 0 Å². The van der Waals surface area contributed by atoms with Crippen molar-refractivity contribution in [3.8, 4) is 51.2 Å². The highest BCUT2D eigenvalue weighted by Gasteiger charge is 2.22. The smallest absolute Gasteiger partial charge is 0.238 e. The summed E-state index contributed by atoms with van der Waals surface area (Å²) in [5.41, 5.74) is 11.5. The topological polar surface area (TPSA) is 86.7 Å². The van der Waals surface area contributed by atoms with Crippen molar-refractivity contribution in [2.75, 3.05) is 0 Å². The predicted molar refractivity (Wildman–Crippen MR) is 233 cm³/mol. The predicted octanol–water partition coefficient (Wildman–Crippen LogP) is 11.5. The number of pyridine rings is 3. The van der Waals surface area contributed by atoms with Crippen LogP contribution in [0.4, 0.5) is 0 Å². The van der Waals surface area contributed by atoms with E-state index in [9.17, 15) is 0 Å². The Kier molecular flexibility index (Phi) is 7.06. The fraction of sp³-hybridized carbons (Fsp3) is 0. The number of rotatable bonds is 5. The van der Waals surface area contributed by atoms with Crippen LogP contribution >= 0.6 is 0 Å². The van der Waals surface area contributed by atoms with E-state index in [2.05, 4.69) is 122 Å². The minimum atomic E-state index is 0.522. The summed E-state index contributed by atoms with van der Waals surface area (Å²) < 4.78 is 4.48. The Morgan fingerprint density at radius 1 is 0.362 bits per heavy atom. The van der Waals surface area contributed by atoms with Gasteiger partial charge in [-0.05, 0) is 72.8 Å². The van der Waals surface area contributed by atoms with Gasteiger partial charge in [-0.2, -0.15) is 9.97 Å². The molecule has 0 aliphatic carbocycles. The van der Waals surface area contributed by atoms with Gasteiger partial charge >= 0.3 is 0 Å². The second-order valence-corrected chi connectivity index (χ2v) is 14.4. The summed E-state index contributed by atoms with van der Waals surface area (Å²) in [6.45, 7) is 0. The van der Waals surface area contributed by atoms with Gasteiger partial charge in [-0.3, -0.25) is 18.9 Å². The van der Waals surface area contributed by atoms with Gasteiger partial charge in [-0.1, -0.05) is 97.1 Å². The van der Waals surface area contributed by atoms with Gasteiger partial charge in [0.05, 0.1) is 39.0 Å². The highest BCUT2D eigenvalue weighted by molar-refractivity contribution is 6.30. The van der Waals surface area contributed by atoms with Crippen LogP contribution in [0.15, 0.2) is 182 Å². The fourth-order valence-electron chi connectivity index (χ4n) is 8.50. The van der Waals surface area contributed by atoms with Gasteiger partial charge < -0.3 is 0 Å². The minimum Gasteiger partial charge on any atom is -0.292 e. The molecule has 0 atom stereocenters. The summed E-state index contributed by atoms with van der Waals surface area (Å²) in [6, 6.07) is 58.3. The van der Waals surface area contributed by atoms with Crippen molar-refractivity contribution >= 4 is 60.2 Å². The van der Waals surface area contributed by atoms with E-state index in [0.717, 1.165) is 93.8 Å². The first kappa shape index (κ1) is 32.2. The monoisotopic (exact) mass is 742 g/mol. The van der Waals surface area contributed by atoms with E-state index in [4.69, 9.17) is 19.9 Å². The number of aromatic nitrogens is 8.